The molecule has 0 atom stereocenters. The van der Waals surface area contributed by atoms with Crippen LogP contribution in [0.5, 0.6) is 5.88 Å². The fourth-order valence-corrected chi connectivity index (χ4v) is 0.532. The zero-order valence-corrected chi connectivity index (χ0v) is 7.04. The van der Waals surface area contributed by atoms with Crippen molar-refractivity contribution >= 4 is 18.4 Å². The third-order valence-electron chi connectivity index (χ3n) is 1.06. The van der Waals surface area contributed by atoms with Gasteiger partial charge < -0.3 is 9.84 Å². The third-order valence-corrected chi connectivity index (χ3v) is 1.06. The van der Waals surface area contributed by atoms with Gasteiger partial charge in [-0.2, -0.15) is 0 Å². The Morgan fingerprint density at radius 1 is 1.50 bits per heavy atom. The molecule has 0 aromatic carbocycles. The summed E-state index contributed by atoms with van der Waals surface area (Å²) >= 11 is 0. The molecular formula is C6H7ClN2O3. The van der Waals surface area contributed by atoms with E-state index >= 15 is 0 Å². The van der Waals surface area contributed by atoms with Gasteiger partial charge in [-0.15, -0.1) is 12.4 Å². The van der Waals surface area contributed by atoms with E-state index in [0.717, 1.165) is 6.20 Å². The van der Waals surface area contributed by atoms with Crippen LogP contribution in [-0.4, -0.2) is 28.2 Å². The van der Waals surface area contributed by atoms with Crippen molar-refractivity contribution in [3.8, 4) is 5.88 Å². The van der Waals surface area contributed by atoms with Crippen molar-refractivity contribution in [3.63, 3.8) is 0 Å². The Balaban J connectivity index is 0.00000121. The molecule has 1 N–H and O–H groups in total. The van der Waals surface area contributed by atoms with Crippen LogP contribution in [0.3, 0.4) is 0 Å². The zero-order valence-electron chi connectivity index (χ0n) is 6.22. The minimum atomic E-state index is -1.10. The van der Waals surface area contributed by atoms with Crippen molar-refractivity contribution < 1.29 is 14.6 Å². The summed E-state index contributed by atoms with van der Waals surface area (Å²) < 4.78 is 4.68. The number of methoxy groups -OCH3 is 1. The van der Waals surface area contributed by atoms with Crippen LogP contribution in [0.1, 0.15) is 10.5 Å². The number of rotatable bonds is 2. The van der Waals surface area contributed by atoms with Crippen molar-refractivity contribution in [3.05, 3.63) is 18.1 Å². The summed E-state index contributed by atoms with van der Waals surface area (Å²) in [5.41, 5.74) is -0.0919. The molecule has 0 fully saturated rings. The second-order valence-corrected chi connectivity index (χ2v) is 1.75. The first kappa shape index (κ1) is 10.6. The Morgan fingerprint density at radius 2 is 2.17 bits per heavy atom. The number of nitrogens with zero attached hydrogens (tertiary/aromatic N) is 2. The summed E-state index contributed by atoms with van der Waals surface area (Å²) in [5, 5.41) is 8.41. The number of aromatic carboxylic acids is 1. The monoisotopic (exact) mass is 190 g/mol. The molecule has 0 aliphatic rings. The van der Waals surface area contributed by atoms with Gasteiger partial charge in [0.15, 0.2) is 5.69 Å². The van der Waals surface area contributed by atoms with E-state index < -0.39 is 5.97 Å². The number of aromatic nitrogens is 2. The normalized spacial score (nSPS) is 8.42. The van der Waals surface area contributed by atoms with Gasteiger partial charge in [-0.1, -0.05) is 0 Å². The van der Waals surface area contributed by atoms with E-state index in [9.17, 15) is 4.79 Å². The molecule has 1 aromatic heterocycles. The van der Waals surface area contributed by atoms with Gasteiger partial charge in [0.2, 0.25) is 5.88 Å². The van der Waals surface area contributed by atoms with Crippen LogP contribution in [0, 0.1) is 0 Å². The van der Waals surface area contributed by atoms with E-state index in [-0.39, 0.29) is 18.1 Å². The quantitative estimate of drug-likeness (QED) is 0.740. The molecule has 0 saturated heterocycles. The molecule has 0 unspecified atom stereocenters. The number of hydrogen-bond donors (Lipinski definition) is 1. The van der Waals surface area contributed by atoms with Gasteiger partial charge in [-0.25, -0.2) is 14.8 Å². The molecule has 5 nitrogen and oxygen atoms in total. The Morgan fingerprint density at radius 3 is 2.50 bits per heavy atom. The first-order chi connectivity index (χ1) is 5.24. The maximum atomic E-state index is 10.3. The standard InChI is InChI=1S/C6H6N2O3.ClH/c1-11-5-3-7-4(2-8-5)6(9)10;/h2-3H,1H3,(H,9,10);1H. The van der Waals surface area contributed by atoms with Crippen LogP contribution in [0.15, 0.2) is 12.4 Å². The minimum Gasteiger partial charge on any atom is -0.480 e. The lowest BCUT2D eigenvalue weighted by Crippen LogP contribution is -2.01. The fourth-order valence-electron chi connectivity index (χ4n) is 0.532. The summed E-state index contributed by atoms with van der Waals surface area (Å²) in [6.07, 6.45) is 2.39. The van der Waals surface area contributed by atoms with E-state index in [4.69, 9.17) is 5.11 Å². The van der Waals surface area contributed by atoms with Crippen LogP contribution in [0.2, 0.25) is 0 Å². The smallest absolute Gasteiger partial charge is 0.356 e. The Hall–Kier alpha value is -1.36. The van der Waals surface area contributed by atoms with Gasteiger partial charge in [0.25, 0.3) is 0 Å². The number of carboxylic acid groups (broad SMARTS) is 1. The number of ether oxygens (including phenoxy) is 1. The van der Waals surface area contributed by atoms with Crippen molar-refractivity contribution in [1.29, 1.82) is 0 Å². The first-order valence-electron chi connectivity index (χ1n) is 2.83. The second kappa shape index (κ2) is 4.50. The maximum absolute atomic E-state index is 10.3. The Kier molecular flexibility index (Phi) is 3.99. The van der Waals surface area contributed by atoms with Gasteiger partial charge in [-0.3, -0.25) is 0 Å². The molecule has 66 valence electrons. The van der Waals surface area contributed by atoms with Crippen LogP contribution in [-0.2, 0) is 0 Å². The van der Waals surface area contributed by atoms with E-state index in [2.05, 4.69) is 14.7 Å². The van der Waals surface area contributed by atoms with Crippen LogP contribution in [0.25, 0.3) is 0 Å². The number of carboxylic acids is 1. The van der Waals surface area contributed by atoms with Crippen LogP contribution >= 0.6 is 12.4 Å². The van der Waals surface area contributed by atoms with Gasteiger partial charge >= 0.3 is 5.97 Å². The van der Waals surface area contributed by atoms with Crippen LogP contribution < -0.4 is 4.74 Å². The molecule has 6 heteroatoms. The lowest BCUT2D eigenvalue weighted by atomic mass is 10.5. The van der Waals surface area contributed by atoms with E-state index in [1.807, 2.05) is 0 Å². The summed E-state index contributed by atoms with van der Waals surface area (Å²) in [5.74, 6) is -0.796. The molecule has 0 aliphatic heterocycles. The van der Waals surface area contributed by atoms with Crippen molar-refractivity contribution in [2.24, 2.45) is 0 Å². The SMILES string of the molecule is COc1cnc(C(=O)O)cn1.Cl. The lowest BCUT2D eigenvalue weighted by molar-refractivity contribution is 0.0690. The number of hydrogen-bond acceptors (Lipinski definition) is 4. The molecule has 1 aromatic rings. The van der Waals surface area contributed by atoms with E-state index in [1.54, 1.807) is 0 Å². The van der Waals surface area contributed by atoms with E-state index in [0.29, 0.717) is 5.88 Å². The van der Waals surface area contributed by atoms with Crippen molar-refractivity contribution in [2.75, 3.05) is 7.11 Å². The van der Waals surface area contributed by atoms with Gasteiger partial charge in [-0.05, 0) is 0 Å². The molecule has 1 heterocycles. The highest BCUT2D eigenvalue weighted by Crippen LogP contribution is 2.01. The first-order valence-corrected chi connectivity index (χ1v) is 2.83. The predicted octanol–water partition coefficient (Wildman–Crippen LogP) is 0.605. The second-order valence-electron chi connectivity index (χ2n) is 1.75. The molecule has 0 spiro atoms. The minimum absolute atomic E-state index is 0. The largest absolute Gasteiger partial charge is 0.480 e. The maximum Gasteiger partial charge on any atom is 0.356 e. The molecule has 0 amide bonds. The van der Waals surface area contributed by atoms with E-state index in [1.165, 1.54) is 13.3 Å². The highest BCUT2D eigenvalue weighted by Gasteiger charge is 2.03. The summed E-state index contributed by atoms with van der Waals surface area (Å²) in [4.78, 5) is 17.5. The van der Waals surface area contributed by atoms with Crippen molar-refractivity contribution in [1.82, 2.24) is 9.97 Å². The number of halogens is 1. The lowest BCUT2D eigenvalue weighted by Gasteiger charge is -1.96. The Labute approximate surface area is 74.8 Å². The molecule has 0 aliphatic carbocycles. The highest BCUT2D eigenvalue weighted by atomic mass is 35.5. The van der Waals surface area contributed by atoms with Crippen LogP contribution in [0.4, 0.5) is 0 Å². The topological polar surface area (TPSA) is 72.3 Å². The molecule has 0 saturated carbocycles. The Bertz CT molecular complexity index is 262. The highest BCUT2D eigenvalue weighted by molar-refractivity contribution is 5.85. The third kappa shape index (κ3) is 2.35. The average molecular weight is 191 g/mol. The number of carbonyl (C=O) groups is 1. The molecule has 0 bridgehead atoms. The van der Waals surface area contributed by atoms with Crippen molar-refractivity contribution in [2.45, 2.75) is 0 Å². The molecule has 0 radical (unpaired) electrons. The summed E-state index contributed by atoms with van der Waals surface area (Å²) in [6, 6.07) is 0. The predicted molar refractivity (Wildman–Crippen MR) is 42.8 cm³/mol. The van der Waals surface area contributed by atoms with Gasteiger partial charge in [0.1, 0.15) is 0 Å². The fraction of sp³-hybridized carbons (Fsp3) is 0.167. The summed E-state index contributed by atoms with van der Waals surface area (Å²) in [6.45, 7) is 0. The molecular weight excluding hydrogens is 184 g/mol. The average Bonchev–Trinajstić information content (AvgIpc) is 2.05. The molecule has 12 heavy (non-hydrogen) atoms. The van der Waals surface area contributed by atoms with Gasteiger partial charge in [0.05, 0.1) is 19.5 Å². The van der Waals surface area contributed by atoms with Gasteiger partial charge in [0, 0.05) is 0 Å². The zero-order chi connectivity index (χ0) is 8.27. The summed E-state index contributed by atoms with van der Waals surface area (Å²) in [7, 11) is 1.43. The molecule has 1 rings (SSSR count).